The number of thioether (sulfide) groups is 1. The van der Waals surface area contributed by atoms with Crippen LogP contribution in [0.2, 0.25) is 0 Å². The highest BCUT2D eigenvalue weighted by molar-refractivity contribution is 8.01. The van der Waals surface area contributed by atoms with Crippen molar-refractivity contribution in [2.75, 3.05) is 11.1 Å². The van der Waals surface area contributed by atoms with Gasteiger partial charge in [0.2, 0.25) is 5.91 Å². The van der Waals surface area contributed by atoms with Gasteiger partial charge in [0.05, 0.1) is 11.6 Å². The molecule has 5 nitrogen and oxygen atoms in total. The highest BCUT2D eigenvalue weighted by atomic mass is 32.2. The molecule has 1 aromatic carbocycles. The Labute approximate surface area is 118 Å². The van der Waals surface area contributed by atoms with E-state index in [0.717, 1.165) is 4.34 Å². The Hall–Kier alpha value is -1.91. The predicted molar refractivity (Wildman–Crippen MR) is 75.0 cm³/mol. The first-order valence-electron chi connectivity index (χ1n) is 5.47. The van der Waals surface area contributed by atoms with Gasteiger partial charge in [-0.3, -0.25) is 4.79 Å². The van der Waals surface area contributed by atoms with Crippen molar-refractivity contribution < 1.29 is 4.79 Å². The summed E-state index contributed by atoms with van der Waals surface area (Å²) in [6.07, 6.45) is 0.390. The van der Waals surface area contributed by atoms with Crippen molar-refractivity contribution in [1.82, 2.24) is 10.2 Å². The van der Waals surface area contributed by atoms with Crippen LogP contribution in [-0.4, -0.2) is 21.9 Å². The van der Waals surface area contributed by atoms with E-state index in [2.05, 4.69) is 15.5 Å². The van der Waals surface area contributed by atoms with Crippen molar-refractivity contribution >= 4 is 34.7 Å². The number of rotatable bonds is 5. The third-order valence-corrected chi connectivity index (χ3v) is 4.03. The van der Waals surface area contributed by atoms with Crippen LogP contribution in [0.4, 0.5) is 5.69 Å². The molecular formula is C12H10N4OS2. The molecule has 1 heterocycles. The van der Waals surface area contributed by atoms with Crippen molar-refractivity contribution in [3.63, 3.8) is 0 Å². The fourth-order valence-electron chi connectivity index (χ4n) is 1.35. The van der Waals surface area contributed by atoms with Crippen LogP contribution in [-0.2, 0) is 4.79 Å². The number of nitriles is 1. The molecule has 19 heavy (non-hydrogen) atoms. The van der Waals surface area contributed by atoms with Crippen molar-refractivity contribution in [2.24, 2.45) is 0 Å². The Morgan fingerprint density at radius 3 is 3.16 bits per heavy atom. The zero-order chi connectivity index (χ0) is 13.5. The molecule has 0 saturated carbocycles. The fraction of sp³-hybridized carbons (Fsp3) is 0.167. The van der Waals surface area contributed by atoms with E-state index in [9.17, 15) is 4.79 Å². The number of amides is 1. The molecule has 0 aliphatic carbocycles. The van der Waals surface area contributed by atoms with Crippen LogP contribution in [0, 0.1) is 11.3 Å². The standard InChI is InChI=1S/C12H10N4OS2/c13-7-9-2-1-3-10(6-9)15-11(17)4-5-18-12-16-14-8-19-12/h1-3,6,8H,4-5H2,(H,15,17). The lowest BCUT2D eigenvalue weighted by Crippen LogP contribution is -2.12. The number of hydrogen-bond acceptors (Lipinski definition) is 6. The Kier molecular flexibility index (Phi) is 4.89. The molecular weight excluding hydrogens is 280 g/mol. The van der Waals surface area contributed by atoms with E-state index in [1.807, 2.05) is 6.07 Å². The van der Waals surface area contributed by atoms with Crippen LogP contribution >= 0.6 is 23.1 Å². The SMILES string of the molecule is N#Cc1cccc(NC(=O)CCSc2nncs2)c1. The monoisotopic (exact) mass is 290 g/mol. The summed E-state index contributed by atoms with van der Waals surface area (Å²) in [5.41, 5.74) is 2.83. The summed E-state index contributed by atoms with van der Waals surface area (Å²) in [7, 11) is 0. The average molecular weight is 290 g/mol. The highest BCUT2D eigenvalue weighted by Crippen LogP contribution is 2.19. The average Bonchev–Trinajstić information content (AvgIpc) is 2.92. The van der Waals surface area contributed by atoms with E-state index in [1.165, 1.54) is 23.1 Å². The molecule has 1 N–H and O–H groups in total. The Morgan fingerprint density at radius 2 is 2.42 bits per heavy atom. The summed E-state index contributed by atoms with van der Waals surface area (Å²) in [5, 5.41) is 19.1. The summed E-state index contributed by atoms with van der Waals surface area (Å²) in [6, 6.07) is 8.88. The molecule has 2 aromatic rings. The number of nitrogens with one attached hydrogen (secondary N) is 1. The van der Waals surface area contributed by atoms with Gasteiger partial charge >= 0.3 is 0 Å². The second-order valence-corrected chi connectivity index (χ2v) is 5.72. The van der Waals surface area contributed by atoms with E-state index >= 15 is 0 Å². The first-order chi connectivity index (χ1) is 9.28. The van der Waals surface area contributed by atoms with Gasteiger partial charge in [-0.1, -0.05) is 29.2 Å². The van der Waals surface area contributed by atoms with Gasteiger partial charge < -0.3 is 5.32 Å². The number of nitrogens with zero attached hydrogens (tertiary/aromatic N) is 3. The molecule has 0 spiro atoms. The van der Waals surface area contributed by atoms with Gasteiger partial charge in [0, 0.05) is 17.9 Å². The zero-order valence-corrected chi connectivity index (χ0v) is 11.5. The van der Waals surface area contributed by atoms with Crippen LogP contribution in [0.15, 0.2) is 34.1 Å². The van der Waals surface area contributed by atoms with Crippen molar-refractivity contribution in [3.8, 4) is 6.07 Å². The lowest BCUT2D eigenvalue weighted by molar-refractivity contribution is -0.115. The third-order valence-electron chi connectivity index (χ3n) is 2.17. The van der Waals surface area contributed by atoms with Gasteiger partial charge in [-0.25, -0.2) is 0 Å². The maximum Gasteiger partial charge on any atom is 0.225 e. The molecule has 0 aliphatic heterocycles. The van der Waals surface area contributed by atoms with E-state index in [0.29, 0.717) is 23.4 Å². The number of carbonyl (C=O) groups is 1. The number of hydrogen-bond donors (Lipinski definition) is 1. The lowest BCUT2D eigenvalue weighted by Gasteiger charge is -2.04. The van der Waals surface area contributed by atoms with Crippen molar-refractivity contribution in [2.45, 2.75) is 10.8 Å². The van der Waals surface area contributed by atoms with E-state index in [-0.39, 0.29) is 5.91 Å². The fourth-order valence-corrected chi connectivity index (χ4v) is 2.84. The summed E-state index contributed by atoms with van der Waals surface area (Å²) in [4.78, 5) is 11.7. The first kappa shape index (κ1) is 13.5. The van der Waals surface area contributed by atoms with Crippen molar-refractivity contribution in [1.29, 1.82) is 5.26 Å². The summed E-state index contributed by atoms with van der Waals surface area (Å²) in [6.45, 7) is 0. The van der Waals surface area contributed by atoms with Crippen LogP contribution in [0.25, 0.3) is 0 Å². The number of anilines is 1. The second-order valence-electron chi connectivity index (χ2n) is 3.54. The van der Waals surface area contributed by atoms with Gasteiger partial charge in [0.15, 0.2) is 4.34 Å². The molecule has 1 amide bonds. The Balaban J connectivity index is 1.79. The molecule has 0 atom stereocenters. The van der Waals surface area contributed by atoms with Crippen LogP contribution in [0.5, 0.6) is 0 Å². The molecule has 7 heteroatoms. The van der Waals surface area contributed by atoms with Crippen LogP contribution < -0.4 is 5.32 Å². The molecule has 0 bridgehead atoms. The maximum atomic E-state index is 11.7. The number of aromatic nitrogens is 2. The quantitative estimate of drug-likeness (QED) is 0.856. The normalized spacial score (nSPS) is 9.84. The van der Waals surface area contributed by atoms with Crippen LogP contribution in [0.3, 0.4) is 0 Å². The number of benzene rings is 1. The largest absolute Gasteiger partial charge is 0.326 e. The highest BCUT2D eigenvalue weighted by Gasteiger charge is 2.04. The predicted octanol–water partition coefficient (Wildman–Crippen LogP) is 2.53. The van der Waals surface area contributed by atoms with Gasteiger partial charge in [0.1, 0.15) is 5.51 Å². The van der Waals surface area contributed by atoms with Crippen molar-refractivity contribution in [3.05, 3.63) is 35.3 Å². The third kappa shape index (κ3) is 4.35. The first-order valence-corrected chi connectivity index (χ1v) is 7.33. The summed E-state index contributed by atoms with van der Waals surface area (Å²) < 4.78 is 0.860. The minimum absolute atomic E-state index is 0.0768. The summed E-state index contributed by atoms with van der Waals surface area (Å²) in [5.74, 6) is 0.575. The Morgan fingerprint density at radius 1 is 1.53 bits per heavy atom. The molecule has 96 valence electrons. The van der Waals surface area contributed by atoms with E-state index in [1.54, 1.807) is 29.8 Å². The smallest absolute Gasteiger partial charge is 0.225 e. The molecule has 0 radical (unpaired) electrons. The molecule has 1 aromatic heterocycles. The van der Waals surface area contributed by atoms with E-state index < -0.39 is 0 Å². The molecule has 0 saturated heterocycles. The Bertz CT molecular complexity index is 592. The van der Waals surface area contributed by atoms with Crippen LogP contribution in [0.1, 0.15) is 12.0 Å². The number of carbonyl (C=O) groups excluding carboxylic acids is 1. The minimum atomic E-state index is -0.0768. The van der Waals surface area contributed by atoms with Gasteiger partial charge in [-0.15, -0.1) is 10.2 Å². The second kappa shape index (κ2) is 6.87. The maximum absolute atomic E-state index is 11.7. The molecule has 0 fully saturated rings. The van der Waals surface area contributed by atoms with Gasteiger partial charge in [0.25, 0.3) is 0 Å². The lowest BCUT2D eigenvalue weighted by atomic mass is 10.2. The summed E-state index contributed by atoms with van der Waals surface area (Å²) >= 11 is 2.96. The van der Waals surface area contributed by atoms with Gasteiger partial charge in [-0.2, -0.15) is 5.26 Å². The molecule has 0 aliphatic rings. The molecule has 0 unspecified atom stereocenters. The minimum Gasteiger partial charge on any atom is -0.326 e. The topological polar surface area (TPSA) is 78.7 Å². The zero-order valence-electron chi connectivity index (χ0n) is 9.87. The van der Waals surface area contributed by atoms with Gasteiger partial charge in [-0.05, 0) is 18.2 Å². The van der Waals surface area contributed by atoms with E-state index in [4.69, 9.17) is 5.26 Å². The molecule has 2 rings (SSSR count).